The Kier molecular flexibility index (Phi) is 4.44. The summed E-state index contributed by atoms with van der Waals surface area (Å²) >= 11 is 0. The zero-order valence-corrected chi connectivity index (χ0v) is 14.9. The minimum Gasteiger partial charge on any atom is -0.336 e. The molecule has 2 aromatic heterocycles. The van der Waals surface area contributed by atoms with Crippen LogP contribution < -0.4 is 5.32 Å². The molecular weight excluding hydrogens is 330 g/mol. The van der Waals surface area contributed by atoms with Crippen LogP contribution in [0.1, 0.15) is 53.3 Å². The molecule has 1 aliphatic heterocycles. The molecule has 2 aromatic rings. The number of pyridine rings is 1. The molecule has 3 heterocycles. The van der Waals surface area contributed by atoms with Gasteiger partial charge >= 0.3 is 0 Å². The number of H-pyrrole nitrogens is 1. The van der Waals surface area contributed by atoms with Crippen LogP contribution >= 0.6 is 0 Å². The molecule has 2 N–H and O–H groups in total. The largest absolute Gasteiger partial charge is 0.336 e. The maximum absolute atomic E-state index is 12.7. The number of nitrogens with zero attached hydrogens (tertiary/aromatic N) is 3. The number of carbonyl (C=O) groups excluding carboxylic acids is 2. The lowest BCUT2D eigenvalue weighted by Gasteiger charge is -2.31. The zero-order valence-electron chi connectivity index (χ0n) is 14.9. The fraction of sp³-hybridized carbons (Fsp3) is 0.474. The predicted molar refractivity (Wildman–Crippen MR) is 96.8 cm³/mol. The first-order valence-electron chi connectivity index (χ1n) is 9.19. The Hall–Kier alpha value is -2.70. The first-order chi connectivity index (χ1) is 12.6. The van der Waals surface area contributed by atoms with Crippen molar-refractivity contribution in [3.63, 3.8) is 0 Å². The molecule has 0 unspecified atom stereocenters. The number of aromatic nitrogens is 3. The van der Waals surface area contributed by atoms with Gasteiger partial charge in [-0.05, 0) is 50.3 Å². The van der Waals surface area contributed by atoms with E-state index >= 15 is 0 Å². The Bertz CT molecular complexity index is 827. The number of carbonyl (C=O) groups is 2. The molecule has 2 fully saturated rings. The van der Waals surface area contributed by atoms with Crippen molar-refractivity contribution in [1.82, 2.24) is 20.1 Å². The molecule has 0 spiro atoms. The number of rotatable bonds is 4. The number of aromatic amines is 1. The number of amides is 2. The standard InChI is InChI=1S/C19H23N5O2/c1-12-4-2-8-20-17(12)21-18(25)14-5-3-9-24(11-14)19(26)16-10-15(22-23-16)13-6-7-13/h2,4,8,10,13-14H,3,5-7,9,11H2,1H3,(H,22,23)(H,20,21,25)/t14-/m0/s1. The average molecular weight is 353 g/mol. The quantitative estimate of drug-likeness (QED) is 0.883. The van der Waals surface area contributed by atoms with Gasteiger partial charge in [-0.3, -0.25) is 14.7 Å². The lowest BCUT2D eigenvalue weighted by Crippen LogP contribution is -2.44. The van der Waals surface area contributed by atoms with Crippen molar-refractivity contribution in [2.75, 3.05) is 18.4 Å². The number of aryl methyl sites for hydroxylation is 1. The zero-order chi connectivity index (χ0) is 18.1. The summed E-state index contributed by atoms with van der Waals surface area (Å²) in [4.78, 5) is 31.3. The van der Waals surface area contributed by atoms with Crippen LogP contribution in [-0.4, -0.2) is 45.0 Å². The number of hydrogen-bond donors (Lipinski definition) is 2. The van der Waals surface area contributed by atoms with Gasteiger partial charge in [0.05, 0.1) is 5.92 Å². The van der Waals surface area contributed by atoms with E-state index in [1.54, 1.807) is 11.1 Å². The first kappa shape index (κ1) is 16.8. The Morgan fingerprint density at radius 2 is 2.15 bits per heavy atom. The Morgan fingerprint density at radius 3 is 2.92 bits per heavy atom. The lowest BCUT2D eigenvalue weighted by atomic mass is 9.96. The summed E-state index contributed by atoms with van der Waals surface area (Å²) in [5.41, 5.74) is 2.42. The van der Waals surface area contributed by atoms with E-state index < -0.39 is 0 Å². The normalized spacial score (nSPS) is 20.0. The van der Waals surface area contributed by atoms with Gasteiger partial charge in [-0.2, -0.15) is 5.10 Å². The summed E-state index contributed by atoms with van der Waals surface area (Å²) in [6, 6.07) is 5.61. The van der Waals surface area contributed by atoms with Gasteiger partial charge in [0.1, 0.15) is 11.5 Å². The second-order valence-corrected chi connectivity index (χ2v) is 7.23. The van der Waals surface area contributed by atoms with Gasteiger partial charge in [0.15, 0.2) is 0 Å². The topological polar surface area (TPSA) is 91.0 Å². The number of likely N-dealkylation sites (tertiary alicyclic amines) is 1. The average Bonchev–Trinajstić information content (AvgIpc) is 3.40. The summed E-state index contributed by atoms with van der Waals surface area (Å²) in [5.74, 6) is 0.716. The molecule has 0 aromatic carbocycles. The van der Waals surface area contributed by atoms with Gasteiger partial charge in [-0.25, -0.2) is 4.98 Å². The van der Waals surface area contributed by atoms with Crippen LogP contribution in [0.15, 0.2) is 24.4 Å². The highest BCUT2D eigenvalue weighted by Crippen LogP contribution is 2.39. The minimum atomic E-state index is -0.226. The summed E-state index contributed by atoms with van der Waals surface area (Å²) in [5, 5.41) is 10.0. The molecule has 1 atom stereocenters. The van der Waals surface area contributed by atoms with E-state index in [1.807, 2.05) is 25.1 Å². The molecule has 2 amide bonds. The highest BCUT2D eigenvalue weighted by atomic mass is 16.2. The summed E-state index contributed by atoms with van der Waals surface area (Å²) < 4.78 is 0. The molecule has 0 radical (unpaired) electrons. The van der Waals surface area contributed by atoms with E-state index in [-0.39, 0.29) is 17.7 Å². The summed E-state index contributed by atoms with van der Waals surface area (Å²) in [7, 11) is 0. The van der Waals surface area contributed by atoms with Crippen molar-refractivity contribution < 1.29 is 9.59 Å². The third kappa shape index (κ3) is 3.47. The van der Waals surface area contributed by atoms with Crippen LogP contribution in [-0.2, 0) is 4.79 Å². The molecule has 7 heteroatoms. The van der Waals surface area contributed by atoms with Gasteiger partial charge in [-0.15, -0.1) is 0 Å². The Morgan fingerprint density at radius 1 is 1.31 bits per heavy atom. The predicted octanol–water partition coefficient (Wildman–Crippen LogP) is 2.48. The van der Waals surface area contributed by atoms with Crippen LogP contribution in [0.5, 0.6) is 0 Å². The fourth-order valence-electron chi connectivity index (χ4n) is 3.42. The summed E-state index contributed by atoms with van der Waals surface area (Å²) in [6.45, 7) is 2.99. The molecule has 0 bridgehead atoms. The third-order valence-electron chi connectivity index (χ3n) is 5.16. The van der Waals surface area contributed by atoms with Crippen LogP contribution in [0.3, 0.4) is 0 Å². The second kappa shape index (κ2) is 6.90. The van der Waals surface area contributed by atoms with Crippen molar-refractivity contribution in [1.29, 1.82) is 0 Å². The van der Waals surface area contributed by atoms with Crippen molar-refractivity contribution in [3.8, 4) is 0 Å². The number of piperidine rings is 1. The molecule has 26 heavy (non-hydrogen) atoms. The number of nitrogens with one attached hydrogen (secondary N) is 2. The van der Waals surface area contributed by atoms with Crippen LogP contribution in [0.4, 0.5) is 5.82 Å². The monoisotopic (exact) mass is 353 g/mol. The molecule has 1 aliphatic carbocycles. The van der Waals surface area contributed by atoms with Gasteiger partial charge in [-0.1, -0.05) is 6.07 Å². The van der Waals surface area contributed by atoms with E-state index in [2.05, 4.69) is 20.5 Å². The lowest BCUT2D eigenvalue weighted by molar-refractivity contribution is -0.121. The molecule has 4 rings (SSSR count). The maximum atomic E-state index is 12.7. The van der Waals surface area contributed by atoms with Gasteiger partial charge < -0.3 is 10.2 Å². The van der Waals surface area contributed by atoms with Crippen molar-refractivity contribution in [3.05, 3.63) is 41.3 Å². The maximum Gasteiger partial charge on any atom is 0.274 e. The van der Waals surface area contributed by atoms with E-state index in [1.165, 1.54) is 0 Å². The molecule has 1 saturated heterocycles. The van der Waals surface area contributed by atoms with Gasteiger partial charge in [0.25, 0.3) is 5.91 Å². The number of hydrogen-bond acceptors (Lipinski definition) is 4. The third-order valence-corrected chi connectivity index (χ3v) is 5.16. The highest BCUT2D eigenvalue weighted by Gasteiger charge is 2.31. The van der Waals surface area contributed by atoms with E-state index in [0.717, 1.165) is 36.9 Å². The summed E-state index contributed by atoms with van der Waals surface area (Å²) in [6.07, 6.45) is 5.57. The fourth-order valence-corrected chi connectivity index (χ4v) is 3.42. The molecular formula is C19H23N5O2. The van der Waals surface area contributed by atoms with Crippen LogP contribution in [0, 0.1) is 12.8 Å². The van der Waals surface area contributed by atoms with Crippen molar-refractivity contribution >= 4 is 17.6 Å². The van der Waals surface area contributed by atoms with Crippen LogP contribution in [0.25, 0.3) is 0 Å². The molecule has 2 aliphatic rings. The highest BCUT2D eigenvalue weighted by molar-refractivity contribution is 5.95. The SMILES string of the molecule is Cc1cccnc1NC(=O)[C@H]1CCCN(C(=O)c2cc(C3CC3)[nH]n2)C1. The molecule has 7 nitrogen and oxygen atoms in total. The molecule has 136 valence electrons. The minimum absolute atomic E-state index is 0.0787. The van der Waals surface area contributed by atoms with Gasteiger partial charge in [0, 0.05) is 30.9 Å². The Labute approximate surface area is 152 Å². The van der Waals surface area contributed by atoms with E-state index in [0.29, 0.717) is 30.5 Å². The van der Waals surface area contributed by atoms with Crippen LogP contribution in [0.2, 0.25) is 0 Å². The smallest absolute Gasteiger partial charge is 0.274 e. The van der Waals surface area contributed by atoms with E-state index in [9.17, 15) is 9.59 Å². The van der Waals surface area contributed by atoms with Crippen molar-refractivity contribution in [2.24, 2.45) is 5.92 Å². The van der Waals surface area contributed by atoms with E-state index in [4.69, 9.17) is 0 Å². The molecule has 1 saturated carbocycles. The first-order valence-corrected chi connectivity index (χ1v) is 9.19. The second-order valence-electron chi connectivity index (χ2n) is 7.23. The number of anilines is 1. The van der Waals surface area contributed by atoms with Gasteiger partial charge in [0.2, 0.25) is 5.91 Å². The van der Waals surface area contributed by atoms with Crippen molar-refractivity contribution in [2.45, 2.75) is 38.5 Å². The Balaban J connectivity index is 1.40.